The predicted molar refractivity (Wildman–Crippen MR) is 64.0 cm³/mol. The summed E-state index contributed by atoms with van der Waals surface area (Å²) in [6.07, 6.45) is 2.01. The second kappa shape index (κ2) is 3.36. The van der Waals surface area contributed by atoms with E-state index in [9.17, 15) is 0 Å². The third kappa shape index (κ3) is 1.44. The first-order valence-corrected chi connectivity index (χ1v) is 5.78. The number of benzene rings is 1. The highest BCUT2D eigenvalue weighted by Crippen LogP contribution is 2.24. The molecular formula is C11H7ClN2S. The molecule has 0 aliphatic rings. The molecule has 1 aromatic carbocycles. The zero-order valence-corrected chi connectivity index (χ0v) is 9.29. The fraction of sp³-hybridized carbons (Fsp3) is 0. The molecule has 0 aliphatic heterocycles. The minimum atomic E-state index is 0.549. The average molecular weight is 235 g/mol. The predicted octanol–water partition coefficient (Wildman–Crippen LogP) is 3.74. The summed E-state index contributed by atoms with van der Waals surface area (Å²) < 4.78 is 2.05. The van der Waals surface area contributed by atoms with Gasteiger partial charge in [0.15, 0.2) is 5.13 Å². The molecule has 3 rings (SSSR count). The van der Waals surface area contributed by atoms with E-state index in [2.05, 4.69) is 23.2 Å². The summed E-state index contributed by atoms with van der Waals surface area (Å²) in [5, 5.41) is 4.50. The molecule has 0 saturated heterocycles. The maximum Gasteiger partial charge on any atom is 0.195 e. The summed E-state index contributed by atoms with van der Waals surface area (Å²) in [4.78, 5) is 4.25. The van der Waals surface area contributed by atoms with E-state index in [1.807, 2.05) is 28.3 Å². The van der Waals surface area contributed by atoms with Gasteiger partial charge in [0.1, 0.15) is 5.15 Å². The number of hydrogen-bond donors (Lipinski definition) is 0. The largest absolute Gasteiger partial charge is 0.293 e. The van der Waals surface area contributed by atoms with Gasteiger partial charge >= 0.3 is 0 Å². The Balaban J connectivity index is 2.27. The molecule has 2 nitrogen and oxygen atoms in total. The molecule has 0 N–H and O–H groups in total. The van der Waals surface area contributed by atoms with Crippen LogP contribution >= 0.6 is 22.9 Å². The van der Waals surface area contributed by atoms with Crippen LogP contribution in [0.3, 0.4) is 0 Å². The van der Waals surface area contributed by atoms with Crippen LogP contribution in [0.15, 0.2) is 41.9 Å². The van der Waals surface area contributed by atoms with Crippen LogP contribution < -0.4 is 0 Å². The van der Waals surface area contributed by atoms with Crippen molar-refractivity contribution in [1.29, 1.82) is 0 Å². The van der Waals surface area contributed by atoms with E-state index in [1.54, 1.807) is 11.3 Å². The van der Waals surface area contributed by atoms with Crippen molar-refractivity contribution in [3.05, 3.63) is 47.1 Å². The van der Waals surface area contributed by atoms with Crippen molar-refractivity contribution >= 4 is 33.8 Å². The Kier molecular flexibility index (Phi) is 2.01. The summed E-state index contributed by atoms with van der Waals surface area (Å²) in [5.74, 6) is 0. The molecule has 0 fully saturated rings. The summed E-state index contributed by atoms with van der Waals surface area (Å²) in [6.45, 7) is 0. The molecule has 2 aromatic heterocycles. The first-order chi connectivity index (χ1) is 7.34. The van der Waals surface area contributed by atoms with Crippen LogP contribution in [0.1, 0.15) is 0 Å². The summed E-state index contributed by atoms with van der Waals surface area (Å²) >= 11 is 7.36. The molecule has 0 amide bonds. The van der Waals surface area contributed by atoms with E-state index in [1.165, 1.54) is 5.39 Å². The van der Waals surface area contributed by atoms with E-state index < -0.39 is 0 Å². The molecule has 0 atom stereocenters. The Labute approximate surface area is 95.8 Å². The van der Waals surface area contributed by atoms with Gasteiger partial charge in [-0.25, -0.2) is 4.98 Å². The van der Waals surface area contributed by atoms with Gasteiger partial charge in [-0.3, -0.25) is 4.57 Å². The minimum absolute atomic E-state index is 0.549. The number of hydrogen-bond acceptors (Lipinski definition) is 2. The highest BCUT2D eigenvalue weighted by Gasteiger charge is 2.05. The number of nitrogens with zero attached hydrogens (tertiary/aromatic N) is 2. The number of aromatic nitrogens is 2. The van der Waals surface area contributed by atoms with Gasteiger partial charge in [-0.2, -0.15) is 0 Å². The standard InChI is InChI=1S/C11H7ClN2S/c12-10-7-15-11(13-10)14-6-5-8-3-1-2-4-9(8)14/h1-7H. The maximum atomic E-state index is 5.81. The Bertz CT molecular complexity index is 612. The van der Waals surface area contributed by atoms with Crippen LogP contribution in [0.25, 0.3) is 16.0 Å². The van der Waals surface area contributed by atoms with Crippen molar-refractivity contribution < 1.29 is 0 Å². The minimum Gasteiger partial charge on any atom is -0.293 e. The lowest BCUT2D eigenvalue weighted by molar-refractivity contribution is 1.09. The second-order valence-corrected chi connectivity index (χ2v) is 4.42. The van der Waals surface area contributed by atoms with Crippen LogP contribution in [-0.2, 0) is 0 Å². The van der Waals surface area contributed by atoms with Gasteiger partial charge in [-0.1, -0.05) is 29.8 Å². The van der Waals surface area contributed by atoms with Gasteiger partial charge in [0.05, 0.1) is 5.52 Å². The zero-order valence-electron chi connectivity index (χ0n) is 7.72. The van der Waals surface area contributed by atoms with Crippen LogP contribution in [0.2, 0.25) is 5.15 Å². The Morgan fingerprint density at radius 1 is 1.20 bits per heavy atom. The van der Waals surface area contributed by atoms with E-state index in [4.69, 9.17) is 11.6 Å². The van der Waals surface area contributed by atoms with Gasteiger partial charge in [-0.05, 0) is 12.1 Å². The SMILES string of the molecule is Clc1csc(-n2ccc3ccccc32)n1. The van der Waals surface area contributed by atoms with Crippen molar-refractivity contribution in [1.82, 2.24) is 9.55 Å². The molecule has 0 radical (unpaired) electrons. The number of thiazole rings is 1. The molecular weight excluding hydrogens is 228 g/mol. The lowest BCUT2D eigenvalue weighted by atomic mass is 10.2. The highest BCUT2D eigenvalue weighted by molar-refractivity contribution is 7.12. The third-order valence-corrected chi connectivity index (χ3v) is 3.43. The molecule has 0 bridgehead atoms. The number of para-hydroxylation sites is 1. The summed E-state index contributed by atoms with van der Waals surface area (Å²) in [5.41, 5.74) is 1.16. The van der Waals surface area contributed by atoms with Gasteiger partial charge in [0, 0.05) is 17.0 Å². The Morgan fingerprint density at radius 3 is 2.87 bits per heavy atom. The molecule has 0 unspecified atom stereocenters. The zero-order chi connectivity index (χ0) is 10.3. The first kappa shape index (κ1) is 8.95. The summed E-state index contributed by atoms with van der Waals surface area (Å²) in [7, 11) is 0. The summed E-state index contributed by atoms with van der Waals surface area (Å²) in [6, 6.07) is 10.3. The smallest absolute Gasteiger partial charge is 0.195 e. The van der Waals surface area contributed by atoms with Crippen LogP contribution in [0, 0.1) is 0 Å². The van der Waals surface area contributed by atoms with Crippen LogP contribution in [0.4, 0.5) is 0 Å². The van der Waals surface area contributed by atoms with Gasteiger partial charge in [0.2, 0.25) is 0 Å². The number of halogens is 1. The Hall–Kier alpha value is -1.32. The topological polar surface area (TPSA) is 17.8 Å². The molecule has 0 spiro atoms. The van der Waals surface area contributed by atoms with Gasteiger partial charge in [0.25, 0.3) is 0 Å². The third-order valence-electron chi connectivity index (χ3n) is 2.27. The first-order valence-electron chi connectivity index (χ1n) is 4.52. The van der Waals surface area contributed by atoms with E-state index in [-0.39, 0.29) is 0 Å². The molecule has 0 aliphatic carbocycles. The number of rotatable bonds is 1. The molecule has 15 heavy (non-hydrogen) atoms. The molecule has 0 saturated carbocycles. The number of fused-ring (bicyclic) bond motifs is 1. The lowest BCUT2D eigenvalue weighted by Gasteiger charge is -1.98. The normalized spacial score (nSPS) is 11.0. The molecule has 3 aromatic rings. The highest BCUT2D eigenvalue weighted by atomic mass is 35.5. The van der Waals surface area contributed by atoms with Crippen LogP contribution in [0.5, 0.6) is 0 Å². The van der Waals surface area contributed by atoms with Crippen molar-refractivity contribution in [3.8, 4) is 5.13 Å². The quantitative estimate of drug-likeness (QED) is 0.627. The molecule has 2 heterocycles. The fourth-order valence-electron chi connectivity index (χ4n) is 1.61. The fourth-order valence-corrected chi connectivity index (χ4v) is 2.55. The Morgan fingerprint density at radius 2 is 2.07 bits per heavy atom. The molecule has 4 heteroatoms. The van der Waals surface area contributed by atoms with Crippen LogP contribution in [-0.4, -0.2) is 9.55 Å². The van der Waals surface area contributed by atoms with Gasteiger partial charge in [-0.15, -0.1) is 11.3 Å². The van der Waals surface area contributed by atoms with E-state index in [0.29, 0.717) is 5.15 Å². The lowest BCUT2D eigenvalue weighted by Crippen LogP contribution is -1.89. The molecule has 74 valence electrons. The van der Waals surface area contributed by atoms with Crippen molar-refractivity contribution in [3.63, 3.8) is 0 Å². The second-order valence-electron chi connectivity index (χ2n) is 3.20. The van der Waals surface area contributed by atoms with Crippen molar-refractivity contribution in [2.45, 2.75) is 0 Å². The van der Waals surface area contributed by atoms with E-state index in [0.717, 1.165) is 10.6 Å². The van der Waals surface area contributed by atoms with Crippen molar-refractivity contribution in [2.75, 3.05) is 0 Å². The van der Waals surface area contributed by atoms with Gasteiger partial charge < -0.3 is 0 Å². The maximum absolute atomic E-state index is 5.81. The van der Waals surface area contributed by atoms with Crippen molar-refractivity contribution in [2.24, 2.45) is 0 Å². The average Bonchev–Trinajstić information content (AvgIpc) is 2.83. The monoisotopic (exact) mass is 234 g/mol. The van der Waals surface area contributed by atoms with E-state index >= 15 is 0 Å².